The van der Waals surface area contributed by atoms with Gasteiger partial charge in [0, 0.05) is 5.41 Å². The molecule has 0 bridgehead atoms. The summed E-state index contributed by atoms with van der Waals surface area (Å²) in [5.74, 6) is 0.682. The van der Waals surface area contributed by atoms with Crippen molar-refractivity contribution in [2.24, 2.45) is 16.7 Å². The number of carbonyl (C=O) groups excluding carboxylic acids is 1. The molecule has 0 amide bonds. The molecule has 148 valence electrons. The highest BCUT2D eigenvalue weighted by atomic mass is 35.5. The van der Waals surface area contributed by atoms with Gasteiger partial charge in [-0.1, -0.05) is 85.9 Å². The molecule has 0 aliphatic heterocycles. The van der Waals surface area contributed by atoms with Gasteiger partial charge in [-0.25, -0.2) is 0 Å². The second-order valence-electron chi connectivity index (χ2n) is 7.60. The SMILES string of the molecule is CC1(C)C(C(=O)OCc2cccc(Oc3ccccc3)c2)C1(C)C(Cl)=C(Cl)Cl. The number of benzene rings is 2. The number of carbonyl (C=O) groups is 1. The van der Waals surface area contributed by atoms with Gasteiger partial charge in [-0.3, -0.25) is 4.79 Å². The number of allylic oxidation sites excluding steroid dienone is 1. The maximum atomic E-state index is 12.7. The lowest BCUT2D eigenvalue weighted by atomic mass is 9.98. The summed E-state index contributed by atoms with van der Waals surface area (Å²) in [5, 5.41) is 0.293. The first kappa shape index (κ1) is 21.0. The van der Waals surface area contributed by atoms with Crippen LogP contribution in [0.25, 0.3) is 0 Å². The maximum Gasteiger partial charge on any atom is 0.310 e. The Morgan fingerprint density at radius 1 is 0.964 bits per heavy atom. The standard InChI is InChI=1S/C22H21Cl3O3/c1-21(2)17(22(21,3)18(23)19(24)25)20(26)27-13-14-8-7-11-16(12-14)28-15-9-5-4-6-10-15/h4-12,17H,13H2,1-3H3. The normalized spacial score (nSPS) is 22.3. The van der Waals surface area contributed by atoms with Crippen molar-refractivity contribution in [1.82, 2.24) is 0 Å². The molecule has 0 N–H and O–H groups in total. The minimum Gasteiger partial charge on any atom is -0.461 e. The largest absolute Gasteiger partial charge is 0.461 e. The van der Waals surface area contributed by atoms with Gasteiger partial charge in [0.05, 0.1) is 11.0 Å². The van der Waals surface area contributed by atoms with Crippen molar-refractivity contribution in [2.45, 2.75) is 27.4 Å². The van der Waals surface area contributed by atoms with Crippen LogP contribution in [0.15, 0.2) is 64.1 Å². The average molecular weight is 440 g/mol. The van der Waals surface area contributed by atoms with E-state index in [0.29, 0.717) is 10.8 Å². The zero-order chi connectivity index (χ0) is 20.5. The molecule has 0 spiro atoms. The summed E-state index contributed by atoms with van der Waals surface area (Å²) in [7, 11) is 0. The minimum atomic E-state index is -0.636. The molecule has 0 saturated heterocycles. The van der Waals surface area contributed by atoms with E-state index in [0.717, 1.165) is 11.3 Å². The van der Waals surface area contributed by atoms with Crippen LogP contribution in [0.2, 0.25) is 0 Å². The predicted octanol–water partition coefficient (Wildman–Crippen LogP) is 7.07. The van der Waals surface area contributed by atoms with E-state index >= 15 is 0 Å². The van der Waals surface area contributed by atoms with Crippen molar-refractivity contribution >= 4 is 40.8 Å². The smallest absolute Gasteiger partial charge is 0.310 e. The Labute approximate surface area is 180 Å². The molecule has 0 radical (unpaired) electrons. The third kappa shape index (κ3) is 3.89. The van der Waals surface area contributed by atoms with Crippen LogP contribution in [0.5, 0.6) is 11.5 Å². The third-order valence-electron chi connectivity index (χ3n) is 5.67. The van der Waals surface area contributed by atoms with Crippen molar-refractivity contribution in [3.8, 4) is 11.5 Å². The number of hydrogen-bond donors (Lipinski definition) is 0. The fourth-order valence-corrected chi connectivity index (χ4v) is 4.42. The van der Waals surface area contributed by atoms with Gasteiger partial charge in [0.15, 0.2) is 0 Å². The highest BCUT2D eigenvalue weighted by molar-refractivity contribution is 6.59. The molecule has 1 fully saturated rings. The van der Waals surface area contributed by atoms with E-state index in [1.807, 2.05) is 75.4 Å². The molecule has 0 heterocycles. The van der Waals surface area contributed by atoms with Crippen molar-refractivity contribution in [2.75, 3.05) is 0 Å². The van der Waals surface area contributed by atoms with Crippen molar-refractivity contribution in [1.29, 1.82) is 0 Å². The molecule has 3 nitrogen and oxygen atoms in total. The highest BCUT2D eigenvalue weighted by Gasteiger charge is 2.74. The molecule has 28 heavy (non-hydrogen) atoms. The number of halogens is 3. The quantitative estimate of drug-likeness (QED) is 0.451. The molecule has 6 heteroatoms. The fraction of sp³-hybridized carbons (Fsp3) is 0.318. The highest BCUT2D eigenvalue weighted by Crippen LogP contribution is 2.74. The van der Waals surface area contributed by atoms with Crippen LogP contribution in [0.1, 0.15) is 26.3 Å². The first-order valence-corrected chi connectivity index (χ1v) is 10.0. The van der Waals surface area contributed by atoms with E-state index in [-0.39, 0.29) is 17.1 Å². The van der Waals surface area contributed by atoms with Crippen molar-refractivity contribution in [3.63, 3.8) is 0 Å². The zero-order valence-electron chi connectivity index (χ0n) is 15.8. The Balaban J connectivity index is 1.66. The van der Waals surface area contributed by atoms with Gasteiger partial charge < -0.3 is 9.47 Å². The maximum absolute atomic E-state index is 12.7. The molecule has 2 aromatic carbocycles. The number of esters is 1. The van der Waals surface area contributed by atoms with E-state index in [1.165, 1.54) is 0 Å². The van der Waals surface area contributed by atoms with Crippen LogP contribution in [-0.2, 0) is 16.1 Å². The van der Waals surface area contributed by atoms with E-state index in [1.54, 1.807) is 0 Å². The molecule has 0 aromatic heterocycles. The van der Waals surface area contributed by atoms with Crippen LogP contribution < -0.4 is 4.74 Å². The van der Waals surface area contributed by atoms with Gasteiger partial charge in [-0.05, 0) is 35.2 Å². The number of ether oxygens (including phenoxy) is 2. The Morgan fingerprint density at radius 3 is 2.25 bits per heavy atom. The van der Waals surface area contributed by atoms with E-state index < -0.39 is 16.7 Å². The molecule has 1 aliphatic carbocycles. The van der Waals surface area contributed by atoms with Crippen LogP contribution in [-0.4, -0.2) is 5.97 Å². The molecular weight excluding hydrogens is 419 g/mol. The monoisotopic (exact) mass is 438 g/mol. The predicted molar refractivity (Wildman–Crippen MR) is 113 cm³/mol. The van der Waals surface area contributed by atoms with Gasteiger partial charge in [-0.15, -0.1) is 0 Å². The molecule has 1 saturated carbocycles. The zero-order valence-corrected chi connectivity index (χ0v) is 18.1. The lowest BCUT2D eigenvalue weighted by Crippen LogP contribution is -2.12. The van der Waals surface area contributed by atoms with Crippen molar-refractivity contribution in [3.05, 3.63) is 69.7 Å². The summed E-state index contributed by atoms with van der Waals surface area (Å²) >= 11 is 18.0. The van der Waals surface area contributed by atoms with E-state index in [9.17, 15) is 4.79 Å². The van der Waals surface area contributed by atoms with E-state index in [2.05, 4.69) is 0 Å². The van der Waals surface area contributed by atoms with Crippen LogP contribution >= 0.6 is 34.8 Å². The topological polar surface area (TPSA) is 35.5 Å². The Kier molecular flexibility index (Phi) is 6.00. The van der Waals surface area contributed by atoms with Crippen LogP contribution in [0.4, 0.5) is 0 Å². The second-order valence-corrected chi connectivity index (χ2v) is 8.93. The van der Waals surface area contributed by atoms with Gasteiger partial charge in [0.25, 0.3) is 0 Å². The number of hydrogen-bond acceptors (Lipinski definition) is 3. The summed E-state index contributed by atoms with van der Waals surface area (Å²) < 4.78 is 11.4. The van der Waals surface area contributed by atoms with Gasteiger partial charge >= 0.3 is 5.97 Å². The molecule has 2 atom stereocenters. The van der Waals surface area contributed by atoms with Gasteiger partial charge in [-0.2, -0.15) is 0 Å². The number of rotatable bonds is 6. The van der Waals surface area contributed by atoms with Crippen molar-refractivity contribution < 1.29 is 14.3 Å². The van der Waals surface area contributed by atoms with Gasteiger partial charge in [0.2, 0.25) is 0 Å². The Hall–Kier alpha value is -1.68. The Bertz CT molecular complexity index is 904. The number of para-hydroxylation sites is 1. The molecule has 1 aliphatic rings. The molecule has 2 aromatic rings. The summed E-state index contributed by atoms with van der Waals surface area (Å²) in [6.45, 7) is 5.92. The second kappa shape index (κ2) is 7.98. The van der Waals surface area contributed by atoms with Crippen LogP contribution in [0.3, 0.4) is 0 Å². The molecule has 2 unspecified atom stereocenters. The summed E-state index contributed by atoms with van der Waals surface area (Å²) in [6.07, 6.45) is 0. The summed E-state index contributed by atoms with van der Waals surface area (Å²) in [5.41, 5.74) is -0.198. The first-order valence-electron chi connectivity index (χ1n) is 8.87. The fourth-order valence-electron chi connectivity index (χ4n) is 3.68. The Morgan fingerprint density at radius 2 is 1.61 bits per heavy atom. The molecule has 3 rings (SSSR count). The average Bonchev–Trinajstić information content (AvgIpc) is 3.13. The van der Waals surface area contributed by atoms with Gasteiger partial charge in [0.1, 0.15) is 22.6 Å². The van der Waals surface area contributed by atoms with Crippen LogP contribution in [0, 0.1) is 16.7 Å². The summed E-state index contributed by atoms with van der Waals surface area (Å²) in [6, 6.07) is 16.9. The van der Waals surface area contributed by atoms with E-state index in [4.69, 9.17) is 44.3 Å². The summed E-state index contributed by atoms with van der Waals surface area (Å²) in [4.78, 5) is 12.7. The lowest BCUT2D eigenvalue weighted by Gasteiger charge is -2.13. The first-order chi connectivity index (χ1) is 13.2. The molecular formula is C22H21Cl3O3. The lowest BCUT2D eigenvalue weighted by molar-refractivity contribution is -0.147. The third-order valence-corrected chi connectivity index (χ3v) is 6.82. The minimum absolute atomic E-state index is 0.0155.